The zero-order valence-electron chi connectivity index (χ0n) is 10.7. The average molecular weight is 279 g/mol. The Balaban J connectivity index is 2.05. The van der Waals surface area contributed by atoms with E-state index in [1.165, 1.54) is 6.20 Å². The molecule has 0 aliphatic rings. The summed E-state index contributed by atoms with van der Waals surface area (Å²) in [6, 6.07) is 7.56. The summed E-state index contributed by atoms with van der Waals surface area (Å²) in [5.74, 6) is -0.341. The minimum atomic E-state index is -0.341. The van der Waals surface area contributed by atoms with Crippen LogP contribution in [0.3, 0.4) is 0 Å². The number of carbonyl (C=O) groups excluding carboxylic acids is 1. The van der Waals surface area contributed by atoms with Crippen LogP contribution in [0, 0.1) is 0 Å². The molecule has 1 aromatic heterocycles. The monoisotopic (exact) mass is 278 g/mol. The Kier molecular flexibility index (Phi) is 4.58. The van der Waals surface area contributed by atoms with Crippen molar-refractivity contribution in [2.24, 2.45) is 0 Å². The zero-order valence-corrected chi connectivity index (χ0v) is 11.4. The van der Waals surface area contributed by atoms with Crippen molar-refractivity contribution < 1.29 is 9.53 Å². The lowest BCUT2D eigenvalue weighted by Gasteiger charge is -2.03. The number of esters is 1. The van der Waals surface area contributed by atoms with Gasteiger partial charge in [-0.15, -0.1) is 0 Å². The van der Waals surface area contributed by atoms with Gasteiger partial charge in [0, 0.05) is 11.2 Å². The Morgan fingerprint density at radius 2 is 2.21 bits per heavy atom. The van der Waals surface area contributed by atoms with E-state index >= 15 is 0 Å². The molecule has 0 saturated heterocycles. The first-order valence-corrected chi connectivity index (χ1v) is 6.51. The van der Waals surface area contributed by atoms with E-state index in [2.05, 4.69) is 5.10 Å². The van der Waals surface area contributed by atoms with E-state index in [1.807, 2.05) is 31.2 Å². The molecule has 0 radical (unpaired) electrons. The molecule has 0 aliphatic carbocycles. The van der Waals surface area contributed by atoms with Gasteiger partial charge < -0.3 is 4.74 Å². The van der Waals surface area contributed by atoms with Crippen LogP contribution >= 0.6 is 11.6 Å². The molecule has 1 aromatic carbocycles. The van der Waals surface area contributed by atoms with Crippen LogP contribution in [-0.4, -0.2) is 22.4 Å². The summed E-state index contributed by atoms with van der Waals surface area (Å²) >= 11 is 6.08. The van der Waals surface area contributed by atoms with Crippen LogP contribution in [0.15, 0.2) is 36.7 Å². The molecule has 0 spiro atoms. The lowest BCUT2D eigenvalue weighted by Crippen LogP contribution is -2.05. The van der Waals surface area contributed by atoms with Gasteiger partial charge in [0.1, 0.15) is 0 Å². The molecule has 0 aliphatic heterocycles. The summed E-state index contributed by atoms with van der Waals surface area (Å²) < 4.78 is 6.72. The smallest absolute Gasteiger partial charge is 0.341 e. The quantitative estimate of drug-likeness (QED) is 0.789. The van der Waals surface area contributed by atoms with Crippen LogP contribution in [-0.2, 0) is 11.3 Å². The second-order valence-corrected chi connectivity index (χ2v) is 4.56. The van der Waals surface area contributed by atoms with Crippen LogP contribution in [0.4, 0.5) is 0 Å². The van der Waals surface area contributed by atoms with Crippen LogP contribution in [0.2, 0.25) is 5.02 Å². The summed E-state index contributed by atoms with van der Waals surface area (Å²) in [7, 11) is 0. The minimum Gasteiger partial charge on any atom is -0.462 e. The maximum Gasteiger partial charge on any atom is 0.341 e. The highest BCUT2D eigenvalue weighted by Crippen LogP contribution is 2.16. The van der Waals surface area contributed by atoms with Crippen LogP contribution in [0.1, 0.15) is 29.3 Å². The maximum absolute atomic E-state index is 11.6. The fourth-order valence-corrected chi connectivity index (χ4v) is 1.83. The molecular formula is C14H15ClN2O2. The van der Waals surface area contributed by atoms with Crippen molar-refractivity contribution in [3.63, 3.8) is 0 Å². The van der Waals surface area contributed by atoms with E-state index in [0.29, 0.717) is 23.7 Å². The normalized spacial score (nSPS) is 10.4. The van der Waals surface area contributed by atoms with E-state index < -0.39 is 0 Å². The molecule has 100 valence electrons. The third-order valence-corrected chi connectivity index (χ3v) is 2.97. The molecule has 0 unspecified atom stereocenters. The number of halogens is 1. The first-order chi connectivity index (χ1) is 9.20. The van der Waals surface area contributed by atoms with Gasteiger partial charge in [-0.05, 0) is 18.1 Å². The maximum atomic E-state index is 11.6. The Morgan fingerprint density at radius 3 is 2.95 bits per heavy atom. The summed E-state index contributed by atoms with van der Waals surface area (Å²) in [6.07, 6.45) is 3.98. The number of nitrogens with zero attached hydrogens (tertiary/aromatic N) is 2. The summed E-state index contributed by atoms with van der Waals surface area (Å²) in [4.78, 5) is 11.6. The molecule has 0 atom stereocenters. The summed E-state index contributed by atoms with van der Waals surface area (Å²) in [6.45, 7) is 2.91. The van der Waals surface area contributed by atoms with Gasteiger partial charge in [0.15, 0.2) is 0 Å². The van der Waals surface area contributed by atoms with E-state index in [4.69, 9.17) is 16.3 Å². The Hall–Kier alpha value is -1.81. The van der Waals surface area contributed by atoms with Crippen LogP contribution in [0.5, 0.6) is 0 Å². The topological polar surface area (TPSA) is 44.1 Å². The molecule has 4 nitrogen and oxygen atoms in total. The number of hydrogen-bond acceptors (Lipinski definition) is 3. The lowest BCUT2D eigenvalue weighted by atomic mass is 10.2. The van der Waals surface area contributed by atoms with Crippen LogP contribution < -0.4 is 0 Å². The number of rotatable bonds is 5. The molecule has 0 N–H and O–H groups in total. The van der Waals surface area contributed by atoms with Crippen molar-refractivity contribution in [2.45, 2.75) is 19.9 Å². The number of hydrogen-bond donors (Lipinski definition) is 0. The van der Waals surface area contributed by atoms with Gasteiger partial charge in [0.2, 0.25) is 0 Å². The Bertz CT molecular complexity index is 566. The zero-order chi connectivity index (χ0) is 13.7. The molecular weight excluding hydrogens is 264 g/mol. The average Bonchev–Trinajstić information content (AvgIpc) is 2.87. The third-order valence-electron chi connectivity index (χ3n) is 2.60. The van der Waals surface area contributed by atoms with Gasteiger partial charge in [-0.1, -0.05) is 36.7 Å². The van der Waals surface area contributed by atoms with E-state index in [-0.39, 0.29) is 5.97 Å². The summed E-state index contributed by atoms with van der Waals surface area (Å²) in [5.41, 5.74) is 1.42. The molecule has 0 bridgehead atoms. The van der Waals surface area contributed by atoms with Crippen molar-refractivity contribution in [1.29, 1.82) is 0 Å². The Labute approximate surface area is 116 Å². The molecule has 0 amide bonds. The van der Waals surface area contributed by atoms with Crippen molar-refractivity contribution in [2.75, 3.05) is 6.61 Å². The van der Waals surface area contributed by atoms with Gasteiger partial charge in [-0.2, -0.15) is 5.10 Å². The van der Waals surface area contributed by atoms with E-state index in [9.17, 15) is 4.79 Å². The minimum absolute atomic E-state index is 0.341. The highest BCUT2D eigenvalue weighted by Gasteiger charge is 2.10. The molecule has 1 heterocycles. The molecule has 5 heteroatoms. The highest BCUT2D eigenvalue weighted by molar-refractivity contribution is 6.31. The fourth-order valence-electron chi connectivity index (χ4n) is 1.63. The predicted molar refractivity (Wildman–Crippen MR) is 73.4 cm³/mol. The fraction of sp³-hybridized carbons (Fsp3) is 0.286. The van der Waals surface area contributed by atoms with Gasteiger partial charge >= 0.3 is 5.97 Å². The molecule has 2 rings (SSSR count). The molecule has 0 fully saturated rings. The first-order valence-electron chi connectivity index (χ1n) is 6.13. The highest BCUT2D eigenvalue weighted by atomic mass is 35.5. The van der Waals surface area contributed by atoms with Gasteiger partial charge in [0.05, 0.1) is 24.9 Å². The van der Waals surface area contributed by atoms with Crippen LogP contribution in [0.25, 0.3) is 0 Å². The van der Waals surface area contributed by atoms with Crippen molar-refractivity contribution in [3.05, 3.63) is 52.8 Å². The van der Waals surface area contributed by atoms with Gasteiger partial charge in [-0.3, -0.25) is 4.68 Å². The van der Waals surface area contributed by atoms with E-state index in [1.54, 1.807) is 10.9 Å². The van der Waals surface area contributed by atoms with Gasteiger partial charge in [0.25, 0.3) is 0 Å². The standard InChI is InChI=1S/C14H15ClN2O2/c1-2-7-19-14(18)12-8-16-17(10-12)9-11-5-3-4-6-13(11)15/h3-6,8,10H,2,7,9H2,1H3. The van der Waals surface area contributed by atoms with Crippen molar-refractivity contribution >= 4 is 17.6 Å². The molecule has 19 heavy (non-hydrogen) atoms. The second-order valence-electron chi connectivity index (χ2n) is 4.15. The number of carbonyl (C=O) groups is 1. The molecule has 2 aromatic rings. The molecule has 0 saturated carbocycles. The first kappa shape index (κ1) is 13.6. The van der Waals surface area contributed by atoms with Crippen molar-refractivity contribution in [3.8, 4) is 0 Å². The Morgan fingerprint density at radius 1 is 1.42 bits per heavy atom. The number of aromatic nitrogens is 2. The number of ether oxygens (including phenoxy) is 1. The lowest BCUT2D eigenvalue weighted by molar-refractivity contribution is 0.0505. The van der Waals surface area contributed by atoms with Crippen molar-refractivity contribution in [1.82, 2.24) is 9.78 Å². The van der Waals surface area contributed by atoms with Gasteiger partial charge in [-0.25, -0.2) is 4.79 Å². The third kappa shape index (κ3) is 3.58. The summed E-state index contributed by atoms with van der Waals surface area (Å²) in [5, 5.41) is 4.83. The predicted octanol–water partition coefficient (Wildman–Crippen LogP) is 3.15. The number of benzene rings is 1. The second kappa shape index (κ2) is 6.38. The SMILES string of the molecule is CCCOC(=O)c1cnn(Cc2ccccc2Cl)c1. The largest absolute Gasteiger partial charge is 0.462 e. The van der Waals surface area contributed by atoms with E-state index in [0.717, 1.165) is 12.0 Å².